The Kier molecular flexibility index (Phi) is 6.96. The zero-order chi connectivity index (χ0) is 16.8. The lowest BCUT2D eigenvalue weighted by atomic mass is 10.0. The second kappa shape index (κ2) is 8.24. The van der Waals surface area contributed by atoms with Crippen LogP contribution in [0.4, 0.5) is 13.2 Å². The van der Waals surface area contributed by atoms with Gasteiger partial charge in [0.1, 0.15) is 0 Å². The molecular formula is C15H18F3NO2S. The third-order valence-corrected chi connectivity index (χ3v) is 4.24. The van der Waals surface area contributed by atoms with Gasteiger partial charge in [0.05, 0.1) is 12.2 Å². The number of hydrogen-bond donors (Lipinski definition) is 2. The molecule has 0 aliphatic carbocycles. The minimum atomic E-state index is -4.63. The van der Waals surface area contributed by atoms with E-state index in [0.717, 1.165) is 0 Å². The summed E-state index contributed by atoms with van der Waals surface area (Å²) in [4.78, 5) is 11.8. The summed E-state index contributed by atoms with van der Waals surface area (Å²) in [6, 6.07) is 6.71. The second-order valence-corrected chi connectivity index (χ2v) is 5.75. The van der Waals surface area contributed by atoms with Gasteiger partial charge in [0, 0.05) is 17.4 Å². The summed E-state index contributed by atoms with van der Waals surface area (Å²) in [5, 5.41) is 11.3. The second-order valence-electron chi connectivity index (χ2n) is 4.68. The summed E-state index contributed by atoms with van der Waals surface area (Å²) < 4.78 is 39.3. The van der Waals surface area contributed by atoms with Crippen molar-refractivity contribution in [3.8, 4) is 0 Å². The van der Waals surface area contributed by atoms with Gasteiger partial charge in [-0.15, -0.1) is 0 Å². The molecule has 7 heteroatoms. The average Bonchev–Trinajstić information content (AvgIpc) is 2.45. The maximum atomic E-state index is 13.1. The van der Waals surface area contributed by atoms with Crippen LogP contribution in [0, 0.1) is 0 Å². The van der Waals surface area contributed by atoms with Crippen LogP contribution in [0.3, 0.4) is 0 Å². The van der Waals surface area contributed by atoms with E-state index in [4.69, 9.17) is 5.11 Å². The summed E-state index contributed by atoms with van der Waals surface area (Å²) in [5.41, 5.74) is -1.07. The van der Waals surface area contributed by atoms with E-state index in [9.17, 15) is 18.0 Å². The van der Waals surface area contributed by atoms with E-state index in [1.54, 1.807) is 19.2 Å². The highest BCUT2D eigenvalue weighted by molar-refractivity contribution is 7.99. The number of benzene rings is 1. The van der Waals surface area contributed by atoms with Gasteiger partial charge in [0.15, 0.2) is 0 Å². The van der Waals surface area contributed by atoms with Gasteiger partial charge in [-0.2, -0.15) is 24.9 Å². The Morgan fingerprint density at radius 3 is 2.41 bits per heavy atom. The molecule has 1 aromatic rings. The van der Waals surface area contributed by atoms with Crippen LogP contribution in [-0.2, 0) is 4.79 Å². The number of carbonyl (C=O) groups excluding carboxylic acids is 1. The van der Waals surface area contributed by atoms with E-state index in [0.29, 0.717) is 6.08 Å². The number of thioether (sulfide) groups is 1. The summed E-state index contributed by atoms with van der Waals surface area (Å²) in [7, 11) is 0. The van der Waals surface area contributed by atoms with Gasteiger partial charge >= 0.3 is 6.18 Å². The van der Waals surface area contributed by atoms with Crippen molar-refractivity contribution < 1.29 is 23.1 Å². The van der Waals surface area contributed by atoms with Crippen LogP contribution in [-0.4, -0.2) is 41.3 Å². The van der Waals surface area contributed by atoms with E-state index in [-0.39, 0.29) is 17.4 Å². The minimum Gasteiger partial charge on any atom is -0.395 e. The molecule has 0 bridgehead atoms. The Morgan fingerprint density at radius 2 is 1.95 bits per heavy atom. The molecule has 2 atom stereocenters. The molecule has 0 saturated heterocycles. The molecule has 0 aliphatic rings. The van der Waals surface area contributed by atoms with Crippen molar-refractivity contribution in [2.75, 3.05) is 12.9 Å². The van der Waals surface area contributed by atoms with Gasteiger partial charge in [-0.1, -0.05) is 30.3 Å². The van der Waals surface area contributed by atoms with E-state index in [1.165, 1.54) is 36.0 Å². The van der Waals surface area contributed by atoms with Gasteiger partial charge in [-0.05, 0) is 18.7 Å². The number of nitrogens with one attached hydrogen (secondary N) is 1. The van der Waals surface area contributed by atoms with Crippen LogP contribution in [0.2, 0.25) is 0 Å². The Balaban J connectivity index is 2.96. The van der Waals surface area contributed by atoms with E-state index in [2.05, 4.69) is 5.32 Å². The fraction of sp³-hybridized carbons (Fsp3) is 0.400. The van der Waals surface area contributed by atoms with E-state index < -0.39 is 23.7 Å². The minimum absolute atomic E-state index is 0.0682. The lowest BCUT2D eigenvalue weighted by Gasteiger charge is -2.21. The quantitative estimate of drug-likeness (QED) is 0.787. The summed E-state index contributed by atoms with van der Waals surface area (Å²) in [6.45, 7) is 1.47. The zero-order valence-electron chi connectivity index (χ0n) is 12.2. The van der Waals surface area contributed by atoms with Crippen molar-refractivity contribution in [3.05, 3.63) is 42.0 Å². The standard InChI is InChI=1S/C15H18F3NO2S/c1-10(13(9-20)22-2)19-14(21)8-12(15(16,17)18)11-6-4-3-5-7-11/h3-8,10,13,20H,9H2,1-2H3,(H,19,21)/b12-8-. The molecule has 22 heavy (non-hydrogen) atoms. The van der Waals surface area contributed by atoms with Crippen LogP contribution >= 0.6 is 11.8 Å². The number of rotatable bonds is 6. The molecular weight excluding hydrogens is 315 g/mol. The fourth-order valence-corrected chi connectivity index (χ4v) is 2.50. The molecule has 0 radical (unpaired) electrons. The van der Waals surface area contributed by atoms with Crippen LogP contribution in [0.5, 0.6) is 0 Å². The van der Waals surface area contributed by atoms with Crippen molar-refractivity contribution in [2.24, 2.45) is 0 Å². The third-order valence-electron chi connectivity index (χ3n) is 3.08. The molecule has 2 unspecified atom stereocenters. The Morgan fingerprint density at radius 1 is 1.36 bits per heavy atom. The summed E-state index contributed by atoms with van der Waals surface area (Å²) >= 11 is 1.33. The molecule has 0 fully saturated rings. The van der Waals surface area contributed by atoms with Gasteiger partial charge in [-0.25, -0.2) is 0 Å². The maximum Gasteiger partial charge on any atom is 0.417 e. The van der Waals surface area contributed by atoms with Crippen molar-refractivity contribution in [2.45, 2.75) is 24.4 Å². The highest BCUT2D eigenvalue weighted by atomic mass is 32.2. The largest absolute Gasteiger partial charge is 0.417 e. The van der Waals surface area contributed by atoms with Crippen molar-refractivity contribution in [3.63, 3.8) is 0 Å². The number of alkyl halides is 3. The molecule has 0 aliphatic heterocycles. The number of hydrogen-bond acceptors (Lipinski definition) is 3. The van der Waals surface area contributed by atoms with Gasteiger partial charge < -0.3 is 10.4 Å². The third kappa shape index (κ3) is 5.38. The molecule has 1 aromatic carbocycles. The first-order valence-corrected chi connectivity index (χ1v) is 7.86. The number of amides is 1. The number of carbonyl (C=O) groups is 1. The molecule has 1 amide bonds. The first-order valence-electron chi connectivity index (χ1n) is 6.58. The van der Waals surface area contributed by atoms with Crippen LogP contribution in [0.25, 0.3) is 5.57 Å². The van der Waals surface area contributed by atoms with Gasteiger partial charge in [-0.3, -0.25) is 4.79 Å². The van der Waals surface area contributed by atoms with Gasteiger partial charge in [0.2, 0.25) is 5.91 Å². The first kappa shape index (κ1) is 18.6. The number of aliphatic hydroxyl groups excluding tert-OH is 1. The van der Waals surface area contributed by atoms with E-state index >= 15 is 0 Å². The molecule has 1 rings (SSSR count). The normalized spacial score (nSPS) is 15.3. The fourth-order valence-electron chi connectivity index (χ4n) is 1.87. The lowest BCUT2D eigenvalue weighted by molar-refractivity contribution is -0.117. The number of allylic oxidation sites excluding steroid dienone is 1. The average molecular weight is 333 g/mol. The number of halogens is 3. The molecule has 0 aromatic heterocycles. The molecule has 3 nitrogen and oxygen atoms in total. The van der Waals surface area contributed by atoms with Crippen molar-refractivity contribution in [1.29, 1.82) is 0 Å². The predicted octanol–water partition coefficient (Wildman–Crippen LogP) is 2.86. The van der Waals surface area contributed by atoms with Crippen LogP contribution < -0.4 is 5.32 Å². The molecule has 0 saturated carbocycles. The summed E-state index contributed by atoms with van der Waals surface area (Å²) in [5.74, 6) is -0.837. The Hall–Kier alpha value is -1.47. The van der Waals surface area contributed by atoms with Crippen LogP contribution in [0.15, 0.2) is 36.4 Å². The summed E-state index contributed by atoms with van der Waals surface area (Å²) in [6.07, 6.45) is -2.32. The Labute approximate surface area is 131 Å². The molecule has 2 N–H and O–H groups in total. The number of aliphatic hydroxyl groups is 1. The van der Waals surface area contributed by atoms with Crippen LogP contribution in [0.1, 0.15) is 12.5 Å². The highest BCUT2D eigenvalue weighted by Crippen LogP contribution is 2.33. The highest BCUT2D eigenvalue weighted by Gasteiger charge is 2.35. The first-order chi connectivity index (χ1) is 10.3. The molecule has 0 spiro atoms. The van der Waals surface area contributed by atoms with E-state index in [1.807, 2.05) is 0 Å². The topological polar surface area (TPSA) is 49.3 Å². The van der Waals surface area contributed by atoms with Gasteiger partial charge in [0.25, 0.3) is 0 Å². The lowest BCUT2D eigenvalue weighted by Crippen LogP contribution is -2.40. The molecule has 122 valence electrons. The predicted molar refractivity (Wildman–Crippen MR) is 82.5 cm³/mol. The maximum absolute atomic E-state index is 13.1. The zero-order valence-corrected chi connectivity index (χ0v) is 13.0. The van der Waals surface area contributed by atoms with Crippen molar-refractivity contribution in [1.82, 2.24) is 5.32 Å². The van der Waals surface area contributed by atoms with Crippen molar-refractivity contribution >= 4 is 23.2 Å². The monoisotopic (exact) mass is 333 g/mol. The smallest absolute Gasteiger partial charge is 0.395 e. The molecule has 0 heterocycles. The Bertz CT molecular complexity index is 513. The SMILES string of the molecule is CSC(CO)C(C)NC(=O)/C=C(/c1ccccc1)C(F)(F)F.